The van der Waals surface area contributed by atoms with E-state index < -0.39 is 21.5 Å². The summed E-state index contributed by atoms with van der Waals surface area (Å²) in [6.07, 6.45) is 0.525. The minimum Gasteiger partial charge on any atom is -0.453 e. The fourth-order valence-electron chi connectivity index (χ4n) is 5.45. The zero-order chi connectivity index (χ0) is 26.5. The third-order valence-electron chi connectivity index (χ3n) is 7.10. The van der Waals surface area contributed by atoms with Crippen LogP contribution in [0.3, 0.4) is 0 Å². The molecule has 0 aliphatic carbocycles. The minimum absolute atomic E-state index is 0.0608. The van der Waals surface area contributed by atoms with Crippen LogP contribution in [0.2, 0.25) is 5.02 Å². The SMILES string of the molecule is CCC(CCS(=O)(=O)O)(N1c2ccccc2Oc2ccccc21)N1c2ccccc2Oc2c(Cl)cccc21. The molecule has 194 valence electrons. The highest BCUT2D eigenvalue weighted by molar-refractivity contribution is 7.85. The summed E-state index contributed by atoms with van der Waals surface area (Å²) in [7, 11) is -4.30. The number of hydrogen-bond donors (Lipinski definition) is 1. The second-order valence-corrected chi connectivity index (χ2v) is 11.2. The maximum Gasteiger partial charge on any atom is 0.265 e. The fourth-order valence-corrected chi connectivity index (χ4v) is 6.25. The van der Waals surface area contributed by atoms with Gasteiger partial charge in [-0.05, 0) is 55.0 Å². The van der Waals surface area contributed by atoms with Crippen LogP contribution in [0.5, 0.6) is 23.0 Å². The highest BCUT2D eigenvalue weighted by Gasteiger charge is 2.49. The first-order valence-electron chi connectivity index (χ1n) is 12.3. The van der Waals surface area contributed by atoms with Crippen molar-refractivity contribution in [1.29, 1.82) is 0 Å². The van der Waals surface area contributed by atoms with Crippen LogP contribution in [0, 0.1) is 0 Å². The van der Waals surface area contributed by atoms with Gasteiger partial charge in [0.15, 0.2) is 23.0 Å². The summed E-state index contributed by atoms with van der Waals surface area (Å²) < 4.78 is 47.0. The summed E-state index contributed by atoms with van der Waals surface area (Å²) >= 11 is 6.64. The van der Waals surface area contributed by atoms with E-state index in [1.54, 1.807) is 6.07 Å². The Bertz CT molecular complexity index is 1600. The molecule has 0 spiro atoms. The average Bonchev–Trinajstić information content (AvgIpc) is 2.92. The van der Waals surface area contributed by atoms with Crippen molar-refractivity contribution in [1.82, 2.24) is 0 Å². The summed E-state index contributed by atoms with van der Waals surface area (Å²) in [5.41, 5.74) is 1.95. The van der Waals surface area contributed by atoms with Gasteiger partial charge in [-0.15, -0.1) is 0 Å². The van der Waals surface area contributed by atoms with Gasteiger partial charge in [0.25, 0.3) is 10.1 Å². The molecule has 0 radical (unpaired) electrons. The first-order chi connectivity index (χ1) is 18.3. The molecule has 38 heavy (non-hydrogen) atoms. The largest absolute Gasteiger partial charge is 0.453 e. The number of hydrogen-bond acceptors (Lipinski definition) is 6. The second-order valence-electron chi connectivity index (χ2n) is 9.24. The Kier molecular flexibility index (Phi) is 5.98. The van der Waals surface area contributed by atoms with Gasteiger partial charge in [0.05, 0.1) is 33.5 Å². The van der Waals surface area contributed by atoms with Crippen LogP contribution in [0.1, 0.15) is 19.8 Å². The molecule has 0 amide bonds. The lowest BCUT2D eigenvalue weighted by Gasteiger charge is -2.55. The third kappa shape index (κ3) is 3.96. The summed E-state index contributed by atoms with van der Waals surface area (Å²) in [5.74, 6) is 1.89. The van der Waals surface area contributed by atoms with Crippen molar-refractivity contribution in [2.75, 3.05) is 15.6 Å². The van der Waals surface area contributed by atoms with E-state index in [1.807, 2.05) is 91.9 Å². The van der Waals surface area contributed by atoms with Gasteiger partial charge in [0.2, 0.25) is 0 Å². The van der Waals surface area contributed by atoms with Crippen molar-refractivity contribution in [3.05, 3.63) is 96.0 Å². The van der Waals surface area contributed by atoms with Gasteiger partial charge in [-0.1, -0.05) is 61.0 Å². The van der Waals surface area contributed by atoms with Gasteiger partial charge >= 0.3 is 0 Å². The molecule has 2 aliphatic rings. The molecule has 4 aromatic carbocycles. The molecule has 0 saturated heterocycles. The molecule has 1 unspecified atom stereocenters. The Morgan fingerprint density at radius 3 is 1.74 bits per heavy atom. The first kappa shape index (κ1) is 24.6. The van der Waals surface area contributed by atoms with Crippen LogP contribution in [0.25, 0.3) is 0 Å². The van der Waals surface area contributed by atoms with Crippen LogP contribution in [0.15, 0.2) is 91.0 Å². The fraction of sp³-hybridized carbons (Fsp3) is 0.172. The number of para-hydroxylation sites is 7. The molecule has 4 aromatic rings. The molecule has 0 saturated carbocycles. The van der Waals surface area contributed by atoms with Gasteiger partial charge in [-0.25, -0.2) is 0 Å². The van der Waals surface area contributed by atoms with Crippen LogP contribution < -0.4 is 19.3 Å². The van der Waals surface area contributed by atoms with E-state index in [4.69, 9.17) is 21.1 Å². The molecule has 2 heterocycles. The molecule has 6 rings (SSSR count). The zero-order valence-corrected chi connectivity index (χ0v) is 22.1. The van der Waals surface area contributed by atoms with Crippen molar-refractivity contribution in [2.24, 2.45) is 0 Å². The van der Waals surface area contributed by atoms with Crippen molar-refractivity contribution in [2.45, 2.75) is 25.4 Å². The Balaban J connectivity index is 1.69. The molecule has 7 nitrogen and oxygen atoms in total. The lowest BCUT2D eigenvalue weighted by atomic mass is 9.92. The summed E-state index contributed by atoms with van der Waals surface area (Å²) in [6.45, 7) is 2.01. The monoisotopic (exact) mass is 548 g/mol. The van der Waals surface area contributed by atoms with Crippen molar-refractivity contribution in [3.63, 3.8) is 0 Å². The molecule has 0 fully saturated rings. The van der Waals surface area contributed by atoms with Crippen molar-refractivity contribution in [3.8, 4) is 23.0 Å². The Morgan fingerprint density at radius 2 is 1.21 bits per heavy atom. The van der Waals surface area contributed by atoms with E-state index in [1.165, 1.54) is 0 Å². The molecular weight excluding hydrogens is 524 g/mol. The van der Waals surface area contributed by atoms with E-state index in [9.17, 15) is 13.0 Å². The van der Waals surface area contributed by atoms with Gasteiger partial charge in [-0.2, -0.15) is 8.42 Å². The molecular formula is C29H25ClN2O5S. The average molecular weight is 549 g/mol. The lowest BCUT2D eigenvalue weighted by molar-refractivity contribution is 0.358. The predicted molar refractivity (Wildman–Crippen MR) is 149 cm³/mol. The summed E-state index contributed by atoms with van der Waals surface area (Å²) in [4.78, 5) is 4.22. The molecule has 0 bridgehead atoms. The number of anilines is 4. The van der Waals surface area contributed by atoms with E-state index in [2.05, 4.69) is 9.80 Å². The Hall–Kier alpha value is -3.72. The van der Waals surface area contributed by atoms with E-state index in [0.29, 0.717) is 40.1 Å². The van der Waals surface area contributed by atoms with Crippen molar-refractivity contribution < 1.29 is 22.4 Å². The Labute approximate surface area is 226 Å². The quantitative estimate of drug-likeness (QED) is 0.245. The maximum atomic E-state index is 12.2. The van der Waals surface area contributed by atoms with Crippen LogP contribution in [0.4, 0.5) is 22.7 Å². The third-order valence-corrected chi connectivity index (χ3v) is 8.11. The lowest BCUT2D eigenvalue weighted by Crippen LogP contribution is -2.59. The molecule has 0 aromatic heterocycles. The summed E-state index contributed by atoms with van der Waals surface area (Å²) in [6, 6.07) is 28.4. The van der Waals surface area contributed by atoms with E-state index >= 15 is 0 Å². The number of nitrogens with zero attached hydrogens (tertiary/aromatic N) is 2. The zero-order valence-electron chi connectivity index (χ0n) is 20.5. The van der Waals surface area contributed by atoms with Gasteiger partial charge in [-0.3, -0.25) is 4.55 Å². The Morgan fingerprint density at radius 1 is 0.737 bits per heavy atom. The smallest absolute Gasteiger partial charge is 0.265 e. The van der Waals surface area contributed by atoms with E-state index in [0.717, 1.165) is 17.1 Å². The maximum absolute atomic E-state index is 12.2. The molecule has 1 atom stereocenters. The van der Waals surface area contributed by atoms with Crippen LogP contribution in [-0.2, 0) is 10.1 Å². The van der Waals surface area contributed by atoms with Gasteiger partial charge in [0, 0.05) is 6.42 Å². The van der Waals surface area contributed by atoms with Crippen molar-refractivity contribution >= 4 is 44.5 Å². The molecule has 2 aliphatic heterocycles. The normalized spacial score (nSPS) is 15.2. The highest BCUT2D eigenvalue weighted by Crippen LogP contribution is 2.58. The highest BCUT2D eigenvalue weighted by atomic mass is 35.5. The molecule has 1 N–H and O–H groups in total. The number of halogens is 1. The van der Waals surface area contributed by atoms with Gasteiger partial charge < -0.3 is 19.3 Å². The first-order valence-corrected chi connectivity index (χ1v) is 14.3. The number of rotatable bonds is 6. The number of ether oxygens (including phenoxy) is 2. The molecule has 9 heteroatoms. The second kappa shape index (κ2) is 9.23. The van der Waals surface area contributed by atoms with Crippen LogP contribution >= 0.6 is 11.6 Å². The number of benzene rings is 4. The standard InChI is InChI=1S/C29H25ClN2O5S/c1-2-29(18-19-38(33,34)35,31-21-11-3-6-15-25(21)36-26-16-7-4-12-22(26)31)32-23-13-5-8-17-27(23)37-28-20(30)10-9-14-24(28)32/h3-17H,2,18-19H2,1H3,(H,33,34,35). The number of fused-ring (bicyclic) bond motifs is 4. The van der Waals surface area contributed by atoms with Crippen LogP contribution in [-0.4, -0.2) is 24.4 Å². The summed E-state index contributed by atoms with van der Waals surface area (Å²) in [5, 5.41) is 0.435. The topological polar surface area (TPSA) is 79.3 Å². The predicted octanol–water partition coefficient (Wildman–Crippen LogP) is 7.91. The minimum atomic E-state index is -4.30. The van der Waals surface area contributed by atoms with E-state index in [-0.39, 0.29) is 6.42 Å². The van der Waals surface area contributed by atoms with Gasteiger partial charge in [0.1, 0.15) is 5.66 Å².